The second-order valence-electron chi connectivity index (χ2n) is 4.40. The predicted octanol–water partition coefficient (Wildman–Crippen LogP) is 2.82. The van der Waals surface area contributed by atoms with Crippen LogP contribution in [0.1, 0.15) is 5.56 Å². The highest BCUT2D eigenvalue weighted by molar-refractivity contribution is 7.22. The molecule has 0 bridgehead atoms. The van der Waals surface area contributed by atoms with Gasteiger partial charge in [-0.3, -0.25) is 14.8 Å². The third kappa shape index (κ3) is 3.14. The van der Waals surface area contributed by atoms with Crippen LogP contribution in [-0.4, -0.2) is 20.7 Å². The number of carbonyl (C=O) groups is 1. The first-order valence-electron chi connectivity index (χ1n) is 6.14. The zero-order valence-corrected chi connectivity index (χ0v) is 11.9. The van der Waals surface area contributed by atoms with Gasteiger partial charge in [-0.05, 0) is 24.3 Å². The van der Waals surface area contributed by atoms with Crippen LogP contribution in [0.3, 0.4) is 0 Å². The highest BCUT2D eigenvalue weighted by Crippen LogP contribution is 2.26. The Morgan fingerprint density at radius 2 is 2.33 bits per heavy atom. The van der Waals surface area contributed by atoms with Gasteiger partial charge in [0, 0.05) is 24.9 Å². The Morgan fingerprint density at radius 3 is 3.10 bits per heavy atom. The summed E-state index contributed by atoms with van der Waals surface area (Å²) in [5.74, 6) is -0.612. The van der Waals surface area contributed by atoms with Gasteiger partial charge in [-0.1, -0.05) is 11.3 Å². The summed E-state index contributed by atoms with van der Waals surface area (Å²) in [6.07, 6.45) is 6.52. The minimum absolute atomic E-state index is 0.293. The minimum Gasteiger partial charge on any atom is -0.298 e. The lowest BCUT2D eigenvalue weighted by Crippen LogP contribution is -2.07. The average molecular weight is 302 g/mol. The molecule has 0 aliphatic rings. The number of fused-ring (bicyclic) bond motifs is 1. The molecule has 21 heavy (non-hydrogen) atoms. The van der Waals surface area contributed by atoms with Crippen LogP contribution >= 0.6 is 11.3 Å². The average Bonchev–Trinajstić information content (AvgIpc) is 3.01. The van der Waals surface area contributed by atoms with E-state index in [9.17, 15) is 9.18 Å². The molecule has 5 nitrogen and oxygen atoms in total. The minimum atomic E-state index is -0.319. The summed E-state index contributed by atoms with van der Waals surface area (Å²) in [5, 5.41) is 7.10. The number of carbonyl (C=O) groups excluding carboxylic acids is 1. The summed E-state index contributed by atoms with van der Waals surface area (Å²) >= 11 is 1.23. The Hall–Kier alpha value is -2.54. The number of aryl methyl sites for hydroxylation is 1. The van der Waals surface area contributed by atoms with Gasteiger partial charge in [0.05, 0.1) is 16.4 Å². The third-order valence-corrected chi connectivity index (χ3v) is 3.67. The maximum atomic E-state index is 13.1. The third-order valence-electron chi connectivity index (χ3n) is 2.73. The van der Waals surface area contributed by atoms with E-state index in [-0.39, 0.29) is 11.7 Å². The Labute approximate surface area is 123 Å². The summed E-state index contributed by atoms with van der Waals surface area (Å²) in [5.41, 5.74) is 1.49. The molecule has 0 unspecified atom stereocenters. The maximum Gasteiger partial charge on any atom is 0.250 e. The van der Waals surface area contributed by atoms with Crippen molar-refractivity contribution in [1.82, 2.24) is 14.8 Å². The second kappa shape index (κ2) is 5.45. The van der Waals surface area contributed by atoms with Crippen LogP contribution < -0.4 is 5.32 Å². The fourth-order valence-electron chi connectivity index (χ4n) is 1.80. The molecule has 0 aliphatic heterocycles. The molecule has 0 spiro atoms. The van der Waals surface area contributed by atoms with Crippen molar-refractivity contribution in [2.24, 2.45) is 7.05 Å². The topological polar surface area (TPSA) is 59.8 Å². The van der Waals surface area contributed by atoms with Crippen molar-refractivity contribution in [1.29, 1.82) is 0 Å². The summed E-state index contributed by atoms with van der Waals surface area (Å²) in [4.78, 5) is 16.0. The molecule has 7 heteroatoms. The number of halogens is 1. The van der Waals surface area contributed by atoms with Gasteiger partial charge in [-0.2, -0.15) is 5.10 Å². The Kier molecular flexibility index (Phi) is 3.49. The number of nitrogens with zero attached hydrogens (tertiary/aromatic N) is 3. The monoisotopic (exact) mass is 302 g/mol. The quantitative estimate of drug-likeness (QED) is 0.757. The number of amides is 1. The van der Waals surface area contributed by atoms with Crippen LogP contribution in [0.15, 0.2) is 36.7 Å². The van der Waals surface area contributed by atoms with Crippen molar-refractivity contribution in [2.45, 2.75) is 0 Å². The largest absolute Gasteiger partial charge is 0.298 e. The summed E-state index contributed by atoms with van der Waals surface area (Å²) < 4.78 is 15.4. The van der Waals surface area contributed by atoms with E-state index in [4.69, 9.17) is 0 Å². The van der Waals surface area contributed by atoms with Crippen LogP contribution in [0.5, 0.6) is 0 Å². The highest BCUT2D eigenvalue weighted by Gasteiger charge is 2.06. The van der Waals surface area contributed by atoms with Crippen molar-refractivity contribution in [3.8, 4) is 0 Å². The first kappa shape index (κ1) is 13.4. The van der Waals surface area contributed by atoms with E-state index in [1.54, 1.807) is 36.3 Å². The molecule has 2 aromatic heterocycles. The lowest BCUT2D eigenvalue weighted by Gasteiger charge is -1.94. The normalized spacial score (nSPS) is 11.3. The van der Waals surface area contributed by atoms with Crippen LogP contribution in [0, 0.1) is 5.82 Å². The fraction of sp³-hybridized carbons (Fsp3) is 0.0714. The molecular weight excluding hydrogens is 291 g/mol. The van der Waals surface area contributed by atoms with Gasteiger partial charge in [-0.15, -0.1) is 0 Å². The summed E-state index contributed by atoms with van der Waals surface area (Å²) in [7, 11) is 1.80. The highest BCUT2D eigenvalue weighted by atomic mass is 32.1. The van der Waals surface area contributed by atoms with Crippen molar-refractivity contribution >= 4 is 38.7 Å². The van der Waals surface area contributed by atoms with Crippen molar-refractivity contribution < 1.29 is 9.18 Å². The first-order chi connectivity index (χ1) is 10.1. The van der Waals surface area contributed by atoms with Crippen molar-refractivity contribution in [3.05, 3.63) is 48.0 Å². The molecule has 1 N–H and O–H groups in total. The Bertz CT molecular complexity index is 836. The maximum absolute atomic E-state index is 13.1. The van der Waals surface area contributed by atoms with Gasteiger partial charge >= 0.3 is 0 Å². The van der Waals surface area contributed by atoms with Gasteiger partial charge < -0.3 is 0 Å². The van der Waals surface area contributed by atoms with Crippen LogP contribution in [0.25, 0.3) is 16.3 Å². The number of hydrogen-bond donors (Lipinski definition) is 1. The van der Waals surface area contributed by atoms with E-state index in [1.807, 2.05) is 0 Å². The van der Waals surface area contributed by atoms with Gasteiger partial charge in [0.1, 0.15) is 5.82 Å². The van der Waals surface area contributed by atoms with Gasteiger partial charge in [-0.25, -0.2) is 9.37 Å². The molecule has 0 aliphatic carbocycles. The molecule has 0 saturated carbocycles. The Balaban J connectivity index is 1.72. The lowest BCUT2D eigenvalue weighted by molar-refractivity contribution is -0.111. The van der Waals surface area contributed by atoms with Crippen LogP contribution in [-0.2, 0) is 11.8 Å². The van der Waals surface area contributed by atoms with E-state index in [0.29, 0.717) is 15.3 Å². The van der Waals surface area contributed by atoms with Gasteiger partial charge in [0.2, 0.25) is 5.91 Å². The lowest BCUT2D eigenvalue weighted by atomic mass is 10.3. The zero-order valence-electron chi connectivity index (χ0n) is 11.1. The number of benzene rings is 1. The van der Waals surface area contributed by atoms with E-state index < -0.39 is 0 Å². The van der Waals surface area contributed by atoms with E-state index >= 15 is 0 Å². The summed E-state index contributed by atoms with van der Waals surface area (Å²) in [6, 6.07) is 4.33. The number of anilines is 1. The van der Waals surface area contributed by atoms with Gasteiger partial charge in [0.15, 0.2) is 5.13 Å². The molecule has 1 amide bonds. The molecule has 106 valence electrons. The molecule has 0 fully saturated rings. The number of rotatable bonds is 3. The van der Waals surface area contributed by atoms with Crippen LogP contribution in [0.4, 0.5) is 9.52 Å². The smallest absolute Gasteiger partial charge is 0.250 e. The van der Waals surface area contributed by atoms with E-state index in [2.05, 4.69) is 15.4 Å². The molecule has 3 rings (SSSR count). The number of hydrogen-bond acceptors (Lipinski definition) is 4. The first-order valence-corrected chi connectivity index (χ1v) is 6.95. The molecular formula is C14H11FN4OS. The molecule has 0 radical (unpaired) electrons. The zero-order chi connectivity index (χ0) is 14.8. The standard InChI is InChI=1S/C14H11FN4OS/c1-19-8-9(7-16-19)2-5-13(20)18-14-17-11-4-3-10(15)6-12(11)21-14/h2-8H,1H3,(H,17,18,20)/b5-2+. The predicted molar refractivity (Wildman–Crippen MR) is 80.4 cm³/mol. The van der Waals surface area contributed by atoms with Crippen molar-refractivity contribution in [3.63, 3.8) is 0 Å². The molecule has 2 heterocycles. The van der Waals surface area contributed by atoms with Crippen molar-refractivity contribution in [2.75, 3.05) is 5.32 Å². The number of thiazole rings is 1. The van der Waals surface area contributed by atoms with E-state index in [1.165, 1.54) is 29.5 Å². The Morgan fingerprint density at radius 1 is 1.48 bits per heavy atom. The second-order valence-corrected chi connectivity index (χ2v) is 5.43. The van der Waals surface area contributed by atoms with Crippen LogP contribution in [0.2, 0.25) is 0 Å². The number of nitrogens with one attached hydrogen (secondary N) is 1. The fourth-order valence-corrected chi connectivity index (χ4v) is 2.69. The number of aromatic nitrogens is 3. The van der Waals surface area contributed by atoms with Gasteiger partial charge in [0.25, 0.3) is 0 Å². The molecule has 0 saturated heterocycles. The molecule has 0 atom stereocenters. The SMILES string of the molecule is Cn1cc(/C=C/C(=O)Nc2nc3ccc(F)cc3s2)cn1. The van der Waals surface area contributed by atoms with E-state index in [0.717, 1.165) is 5.56 Å². The molecule has 3 aromatic rings. The molecule has 1 aromatic carbocycles. The summed E-state index contributed by atoms with van der Waals surface area (Å²) in [6.45, 7) is 0.